The molecule has 1 heterocycles. The highest BCUT2D eigenvalue weighted by molar-refractivity contribution is 8.01. The predicted molar refractivity (Wildman–Crippen MR) is 65.1 cm³/mol. The Morgan fingerprint density at radius 3 is 2.88 bits per heavy atom. The van der Waals surface area contributed by atoms with E-state index in [2.05, 4.69) is 4.98 Å². The summed E-state index contributed by atoms with van der Waals surface area (Å²) in [6, 6.07) is 1.82. The molecule has 0 amide bonds. The number of aryl methyl sites for hydroxylation is 1. The first-order chi connectivity index (χ1) is 7.54. The fourth-order valence-corrected chi connectivity index (χ4v) is 2.69. The standard InChI is InChI=1S/C10H11N3OS2/c1-6-4-15-10(13-6)16-5-9(14)8(3-11)7(2)12/h4H,5,12H2,1-2H3/b8-7-. The van der Waals surface area contributed by atoms with Crippen LogP contribution in [0, 0.1) is 18.3 Å². The van der Waals surface area contributed by atoms with Crippen LogP contribution >= 0.6 is 23.1 Å². The number of hydrogen-bond acceptors (Lipinski definition) is 6. The Hall–Kier alpha value is -1.32. The summed E-state index contributed by atoms with van der Waals surface area (Å²) >= 11 is 2.82. The minimum atomic E-state index is -0.250. The van der Waals surface area contributed by atoms with Gasteiger partial charge < -0.3 is 5.73 Å². The molecule has 0 spiro atoms. The first kappa shape index (κ1) is 12.7. The second-order valence-corrected chi connectivity index (χ2v) is 5.22. The Morgan fingerprint density at radius 2 is 2.44 bits per heavy atom. The van der Waals surface area contributed by atoms with Crippen LogP contribution in [0.15, 0.2) is 21.0 Å². The summed E-state index contributed by atoms with van der Waals surface area (Å²) < 4.78 is 0.831. The van der Waals surface area contributed by atoms with Gasteiger partial charge in [0.2, 0.25) is 0 Å². The van der Waals surface area contributed by atoms with E-state index in [0.717, 1.165) is 10.0 Å². The molecule has 1 aromatic heterocycles. The number of thiazole rings is 1. The summed E-state index contributed by atoms with van der Waals surface area (Å²) in [6.45, 7) is 3.45. The van der Waals surface area contributed by atoms with Gasteiger partial charge in [-0.15, -0.1) is 11.3 Å². The van der Waals surface area contributed by atoms with E-state index in [0.29, 0.717) is 0 Å². The van der Waals surface area contributed by atoms with E-state index in [4.69, 9.17) is 11.0 Å². The lowest BCUT2D eigenvalue weighted by Gasteiger charge is -1.98. The number of ketones is 1. The van der Waals surface area contributed by atoms with Crippen molar-refractivity contribution in [1.29, 1.82) is 5.26 Å². The molecule has 84 valence electrons. The second kappa shape index (κ2) is 5.68. The summed E-state index contributed by atoms with van der Waals surface area (Å²) in [5.41, 5.74) is 6.68. The summed E-state index contributed by atoms with van der Waals surface area (Å²) in [5.74, 6) is -0.0509. The maximum atomic E-state index is 11.6. The third-order valence-electron chi connectivity index (χ3n) is 1.71. The van der Waals surface area contributed by atoms with Crippen LogP contribution in [0.1, 0.15) is 12.6 Å². The molecule has 0 saturated heterocycles. The zero-order chi connectivity index (χ0) is 12.1. The number of hydrogen-bond donors (Lipinski definition) is 1. The third-order valence-corrected chi connectivity index (χ3v) is 3.85. The number of thioether (sulfide) groups is 1. The summed E-state index contributed by atoms with van der Waals surface area (Å²) in [6.07, 6.45) is 0. The molecule has 0 aliphatic rings. The van der Waals surface area contributed by atoms with Crippen molar-refractivity contribution in [3.8, 4) is 6.07 Å². The summed E-state index contributed by atoms with van der Waals surface area (Å²) in [4.78, 5) is 15.8. The lowest BCUT2D eigenvalue weighted by atomic mass is 10.2. The van der Waals surface area contributed by atoms with E-state index in [1.165, 1.54) is 23.1 Å². The second-order valence-electron chi connectivity index (χ2n) is 3.14. The molecule has 0 aliphatic heterocycles. The summed E-state index contributed by atoms with van der Waals surface area (Å²) in [7, 11) is 0. The minimum Gasteiger partial charge on any atom is -0.401 e. The van der Waals surface area contributed by atoms with Crippen LogP contribution in [0.5, 0.6) is 0 Å². The molecule has 0 bridgehead atoms. The van der Waals surface area contributed by atoms with Crippen molar-refractivity contribution in [2.24, 2.45) is 5.73 Å². The monoisotopic (exact) mass is 253 g/mol. The molecule has 16 heavy (non-hydrogen) atoms. The van der Waals surface area contributed by atoms with Gasteiger partial charge in [-0.3, -0.25) is 4.79 Å². The van der Waals surface area contributed by atoms with Crippen LogP contribution in [0.25, 0.3) is 0 Å². The quantitative estimate of drug-likeness (QED) is 0.503. The van der Waals surface area contributed by atoms with E-state index in [9.17, 15) is 4.79 Å². The van der Waals surface area contributed by atoms with Crippen LogP contribution in [0.2, 0.25) is 0 Å². The number of nitriles is 1. The molecule has 0 fully saturated rings. The van der Waals surface area contributed by atoms with Gasteiger partial charge in [0, 0.05) is 16.8 Å². The van der Waals surface area contributed by atoms with Gasteiger partial charge in [0.15, 0.2) is 10.1 Å². The van der Waals surface area contributed by atoms with Crippen LogP contribution in [-0.4, -0.2) is 16.5 Å². The normalized spacial score (nSPS) is 11.8. The third kappa shape index (κ3) is 3.36. The lowest BCUT2D eigenvalue weighted by Crippen LogP contribution is -2.10. The van der Waals surface area contributed by atoms with Crippen molar-refractivity contribution >= 4 is 28.9 Å². The molecule has 0 saturated carbocycles. The van der Waals surface area contributed by atoms with Gasteiger partial charge in [0.1, 0.15) is 11.6 Å². The molecule has 6 heteroatoms. The van der Waals surface area contributed by atoms with E-state index >= 15 is 0 Å². The number of allylic oxidation sites excluding steroid dienone is 2. The average molecular weight is 253 g/mol. The topological polar surface area (TPSA) is 79.8 Å². The molecular formula is C10H11N3OS2. The van der Waals surface area contributed by atoms with Crippen molar-refractivity contribution in [3.05, 3.63) is 22.3 Å². The van der Waals surface area contributed by atoms with E-state index in [1.54, 1.807) is 6.92 Å². The molecule has 2 N–H and O–H groups in total. The Balaban J connectivity index is 2.61. The van der Waals surface area contributed by atoms with Gasteiger partial charge in [-0.25, -0.2) is 4.98 Å². The van der Waals surface area contributed by atoms with Gasteiger partial charge in [-0.1, -0.05) is 11.8 Å². The summed E-state index contributed by atoms with van der Waals surface area (Å²) in [5, 5.41) is 10.7. The number of nitrogens with zero attached hydrogens (tertiary/aromatic N) is 2. The van der Waals surface area contributed by atoms with Gasteiger partial charge in [-0.05, 0) is 13.8 Å². The number of nitrogens with two attached hydrogens (primary N) is 1. The van der Waals surface area contributed by atoms with Gasteiger partial charge in [-0.2, -0.15) is 5.26 Å². The molecule has 1 rings (SSSR count). The lowest BCUT2D eigenvalue weighted by molar-refractivity contribution is -0.112. The number of carbonyl (C=O) groups is 1. The first-order valence-electron chi connectivity index (χ1n) is 4.49. The molecular weight excluding hydrogens is 242 g/mol. The Morgan fingerprint density at radius 1 is 1.75 bits per heavy atom. The van der Waals surface area contributed by atoms with E-state index < -0.39 is 0 Å². The number of Topliss-reactive ketones (excluding diaryl/α,β-unsaturated/α-hetero) is 1. The van der Waals surface area contributed by atoms with Gasteiger partial charge in [0.25, 0.3) is 0 Å². The van der Waals surface area contributed by atoms with Crippen LogP contribution in [0.4, 0.5) is 0 Å². The Kier molecular flexibility index (Phi) is 4.52. The van der Waals surface area contributed by atoms with Crippen molar-refractivity contribution in [2.75, 3.05) is 5.75 Å². The SMILES string of the molecule is C/C(N)=C(\C#N)C(=O)CSc1nc(C)cs1. The molecule has 0 aromatic carbocycles. The number of carbonyl (C=O) groups excluding carboxylic acids is 1. The minimum absolute atomic E-state index is 0.0424. The van der Waals surface area contributed by atoms with Gasteiger partial charge in [0.05, 0.1) is 5.75 Å². The number of rotatable bonds is 4. The van der Waals surface area contributed by atoms with Crippen LogP contribution < -0.4 is 5.73 Å². The van der Waals surface area contributed by atoms with Crippen molar-refractivity contribution in [2.45, 2.75) is 18.2 Å². The largest absolute Gasteiger partial charge is 0.401 e. The highest BCUT2D eigenvalue weighted by Gasteiger charge is 2.12. The maximum absolute atomic E-state index is 11.6. The van der Waals surface area contributed by atoms with Crippen molar-refractivity contribution in [1.82, 2.24) is 4.98 Å². The Labute approximate surface area is 102 Å². The van der Waals surface area contributed by atoms with Crippen LogP contribution in [0.3, 0.4) is 0 Å². The average Bonchev–Trinajstić information content (AvgIpc) is 2.62. The van der Waals surface area contributed by atoms with Gasteiger partial charge >= 0.3 is 0 Å². The van der Waals surface area contributed by atoms with Crippen LogP contribution in [-0.2, 0) is 4.79 Å². The fraction of sp³-hybridized carbons (Fsp3) is 0.300. The molecule has 1 aromatic rings. The molecule has 4 nitrogen and oxygen atoms in total. The highest BCUT2D eigenvalue weighted by atomic mass is 32.2. The predicted octanol–water partition coefficient (Wildman–Crippen LogP) is 1.87. The smallest absolute Gasteiger partial charge is 0.185 e. The highest BCUT2D eigenvalue weighted by Crippen LogP contribution is 2.23. The zero-order valence-electron chi connectivity index (χ0n) is 8.98. The molecule has 0 unspecified atom stereocenters. The molecule has 0 radical (unpaired) electrons. The van der Waals surface area contributed by atoms with E-state index in [-0.39, 0.29) is 22.8 Å². The zero-order valence-corrected chi connectivity index (χ0v) is 10.6. The fourth-order valence-electron chi connectivity index (χ4n) is 0.969. The number of aromatic nitrogens is 1. The van der Waals surface area contributed by atoms with Crippen molar-refractivity contribution < 1.29 is 4.79 Å². The van der Waals surface area contributed by atoms with E-state index in [1.807, 2.05) is 18.4 Å². The first-order valence-corrected chi connectivity index (χ1v) is 6.35. The van der Waals surface area contributed by atoms with Crippen molar-refractivity contribution in [3.63, 3.8) is 0 Å². The maximum Gasteiger partial charge on any atom is 0.185 e. The molecule has 0 atom stereocenters. The molecule has 0 aliphatic carbocycles. The Bertz CT molecular complexity index is 467.